The summed E-state index contributed by atoms with van der Waals surface area (Å²) in [6, 6.07) is 52.7. The van der Waals surface area contributed by atoms with Crippen LogP contribution in [0, 0.1) is 0 Å². The average Bonchev–Trinajstić information content (AvgIpc) is 3.58. The molecule has 0 aromatic heterocycles. The molecular formula is C58H68O2S2Ti. The van der Waals surface area contributed by atoms with E-state index in [0.717, 1.165) is 33.8 Å². The van der Waals surface area contributed by atoms with Gasteiger partial charge in [-0.3, -0.25) is 0 Å². The molecule has 4 atom stereocenters. The van der Waals surface area contributed by atoms with E-state index in [2.05, 4.69) is 201 Å². The van der Waals surface area contributed by atoms with Gasteiger partial charge < -0.3 is 0 Å². The van der Waals surface area contributed by atoms with Crippen LogP contribution in [0.15, 0.2) is 146 Å². The third-order valence-electron chi connectivity index (χ3n) is 14.9. The van der Waals surface area contributed by atoms with Crippen molar-refractivity contribution in [2.45, 2.75) is 138 Å². The maximum atomic E-state index is 12.6. The quantitative estimate of drug-likeness (QED) is 0.120. The molecule has 1 aliphatic carbocycles. The average molecular weight is 909 g/mol. The fraction of sp³-hybridized carbons (Fsp3) is 0.379. The Balaban J connectivity index is 1.28. The summed E-state index contributed by atoms with van der Waals surface area (Å²) in [4.78, 5) is 0. The van der Waals surface area contributed by atoms with Crippen molar-refractivity contribution in [1.29, 1.82) is 0 Å². The van der Waals surface area contributed by atoms with Gasteiger partial charge in [0.25, 0.3) is 0 Å². The first-order valence-corrected chi connectivity index (χ1v) is 30.0. The molecule has 2 nitrogen and oxygen atoms in total. The second-order valence-corrected chi connectivity index (χ2v) is 31.8. The third kappa shape index (κ3) is 9.27. The first-order chi connectivity index (χ1) is 30.1. The standard InChI is InChI=1S/C58H68O2S2.Ti/c1-55(2,43-25-15-11-16-26-43)47-35-41(53(59)49(37-47)57(5,6)45-29-19-13-20-30-45)39-61-51-33-23-9-10-24-34-52(51)62-40-42-36-48(56(3,4)44-27-17-12-18-28-44)38-50(54(42)60)58(7,8)46-31-21-14-22-32-46;/h11-22,25-32,35-38,51-52,59-60H,9-10,23-24,33-34,39-40H2,1-8H3;/t51-,52?;/m0./s1. The van der Waals surface area contributed by atoms with Crippen LogP contribution in [0.2, 0.25) is 0 Å². The third-order valence-corrected chi connectivity index (χ3v) is 30.8. The van der Waals surface area contributed by atoms with Gasteiger partial charge >= 0.3 is 392 Å². The van der Waals surface area contributed by atoms with Gasteiger partial charge in [-0.15, -0.1) is 0 Å². The number of benzene rings is 6. The Bertz CT molecular complexity index is 2440. The van der Waals surface area contributed by atoms with Crippen LogP contribution in [-0.2, 0) is 48.6 Å². The zero-order valence-corrected chi connectivity index (χ0v) is 42.1. The fourth-order valence-electron chi connectivity index (χ4n) is 10.3. The zero-order chi connectivity index (χ0) is 44.6. The number of hydrogen-bond donors (Lipinski definition) is 2. The molecule has 6 aromatic rings. The minimum absolute atomic E-state index is 0.198. The summed E-state index contributed by atoms with van der Waals surface area (Å²) in [7, 11) is 0.396. The van der Waals surface area contributed by atoms with E-state index in [1.54, 1.807) is 0 Å². The van der Waals surface area contributed by atoms with Crippen LogP contribution in [0.5, 0.6) is 11.5 Å². The van der Waals surface area contributed by atoms with Gasteiger partial charge in [-0.05, 0) is 0 Å². The molecule has 0 spiro atoms. The van der Waals surface area contributed by atoms with Gasteiger partial charge in [0.15, 0.2) is 0 Å². The summed E-state index contributed by atoms with van der Waals surface area (Å²) in [5, 5.41) is 26.6. The van der Waals surface area contributed by atoms with Crippen LogP contribution in [0.1, 0.15) is 150 Å². The van der Waals surface area contributed by atoms with Crippen LogP contribution in [0.25, 0.3) is 0 Å². The molecule has 0 bridgehead atoms. The van der Waals surface area contributed by atoms with Crippen molar-refractivity contribution in [3.8, 4) is 11.5 Å². The molecule has 0 radical (unpaired) electrons. The van der Waals surface area contributed by atoms with E-state index in [1.807, 2.05) is 0 Å². The maximum absolute atomic E-state index is 12.6. The molecule has 2 N–H and O–H groups in total. The first kappa shape index (κ1) is 45.9. The Morgan fingerprint density at radius 2 is 0.714 bits per heavy atom. The predicted molar refractivity (Wildman–Crippen MR) is 268 cm³/mol. The number of aromatic hydroxyl groups is 2. The monoisotopic (exact) mass is 908 g/mol. The van der Waals surface area contributed by atoms with Gasteiger partial charge in [0.1, 0.15) is 0 Å². The molecule has 3 unspecified atom stereocenters. The van der Waals surface area contributed by atoms with Gasteiger partial charge in [0.05, 0.1) is 0 Å². The van der Waals surface area contributed by atoms with E-state index >= 15 is 0 Å². The van der Waals surface area contributed by atoms with Gasteiger partial charge in [-0.25, -0.2) is 0 Å². The molecule has 0 amide bonds. The first-order valence-electron chi connectivity index (χ1n) is 23.2. The number of fused-ring (bicyclic) bond motifs is 1. The van der Waals surface area contributed by atoms with Crippen LogP contribution in [0.4, 0.5) is 0 Å². The van der Waals surface area contributed by atoms with E-state index in [-0.39, 0.29) is 37.6 Å². The van der Waals surface area contributed by atoms with Crippen molar-refractivity contribution in [1.82, 2.24) is 0 Å². The van der Waals surface area contributed by atoms with Gasteiger partial charge in [0.2, 0.25) is 0 Å². The molecule has 8 rings (SSSR count). The summed E-state index contributed by atoms with van der Waals surface area (Å²) < 4.78 is 0. The summed E-state index contributed by atoms with van der Waals surface area (Å²) in [6.45, 7) is 18.5. The van der Waals surface area contributed by atoms with Crippen molar-refractivity contribution < 1.29 is 25.7 Å². The molecule has 1 fully saturated rings. The fourth-order valence-corrected chi connectivity index (χ4v) is 31.1. The van der Waals surface area contributed by atoms with Crippen LogP contribution >= 0.6 is 15.9 Å². The molecule has 0 saturated heterocycles. The molecule has 1 aliphatic heterocycles. The molecular weight excluding hydrogens is 841 g/mol. The van der Waals surface area contributed by atoms with Crippen molar-refractivity contribution >= 4 is 15.9 Å². The number of rotatable bonds is 12. The second kappa shape index (κ2) is 18.7. The van der Waals surface area contributed by atoms with Gasteiger partial charge in [-0.2, -0.15) is 0 Å². The minimum atomic E-state index is -0.435. The molecule has 1 saturated carbocycles. The van der Waals surface area contributed by atoms with Crippen molar-refractivity contribution in [2.24, 2.45) is 0 Å². The molecule has 5 heteroatoms. The Morgan fingerprint density at radius 1 is 0.413 bits per heavy atom. The van der Waals surface area contributed by atoms with Crippen molar-refractivity contribution in [3.05, 3.63) is 201 Å². The Kier molecular flexibility index (Phi) is 13.6. The molecule has 1 heterocycles. The summed E-state index contributed by atoms with van der Waals surface area (Å²) in [5.41, 5.74) is 10.6. The number of phenols is 2. The van der Waals surface area contributed by atoms with Gasteiger partial charge in [0, 0.05) is 0 Å². The van der Waals surface area contributed by atoms with Gasteiger partial charge in [-0.1, -0.05) is 0 Å². The van der Waals surface area contributed by atoms with Crippen LogP contribution in [0.3, 0.4) is 0 Å². The molecule has 328 valence electrons. The van der Waals surface area contributed by atoms with Crippen LogP contribution in [-0.4, -0.2) is 20.7 Å². The number of phenolic OH excluding ortho intramolecular Hbond substituents is 2. The molecule has 63 heavy (non-hydrogen) atoms. The predicted octanol–water partition coefficient (Wildman–Crippen LogP) is 15.7. The van der Waals surface area contributed by atoms with E-state index in [9.17, 15) is 10.2 Å². The topological polar surface area (TPSA) is 40.5 Å². The zero-order valence-electron chi connectivity index (χ0n) is 38.9. The Hall–Kier alpha value is -3.67. The SMILES string of the molecule is CC(C)(c1ccccc1)c1cc(C[S]2=[Ti]=[S](Cc3cc(C(C)(C)c4ccccc4)cc(C(C)(C)c4ccccc4)c3O)[C@H]3CCCCCCC32)c(O)c(C(C)(C)c2ccccc2)c1. The summed E-state index contributed by atoms with van der Waals surface area (Å²) in [6.07, 6.45) is 7.83. The van der Waals surface area contributed by atoms with E-state index < -0.39 is 15.5 Å². The van der Waals surface area contributed by atoms with Crippen LogP contribution < -0.4 is 0 Å². The van der Waals surface area contributed by atoms with E-state index in [0.29, 0.717) is 22.0 Å². The summed E-state index contributed by atoms with van der Waals surface area (Å²) >= 11 is -0.435. The molecule has 2 aliphatic rings. The molecule has 6 aromatic carbocycles. The summed E-state index contributed by atoms with van der Waals surface area (Å²) in [5.74, 6) is 2.89. The van der Waals surface area contributed by atoms with Crippen molar-refractivity contribution in [2.75, 3.05) is 0 Å². The number of hydrogen-bond acceptors (Lipinski definition) is 2. The van der Waals surface area contributed by atoms with E-state index in [1.165, 1.54) is 71.9 Å². The normalized spacial score (nSPS) is 19.6. The Labute approximate surface area is 389 Å². The Morgan fingerprint density at radius 3 is 1.03 bits per heavy atom. The van der Waals surface area contributed by atoms with E-state index in [4.69, 9.17) is 0 Å². The second-order valence-electron chi connectivity index (χ2n) is 20.3. The van der Waals surface area contributed by atoms with Crippen molar-refractivity contribution in [3.63, 3.8) is 0 Å².